The quantitative estimate of drug-likeness (QED) is 0.732. The Morgan fingerprint density at radius 3 is 2.65 bits per heavy atom. The van der Waals surface area contributed by atoms with Gasteiger partial charge in [-0.3, -0.25) is 0 Å². The average molecular weight is 423 g/mol. The van der Waals surface area contributed by atoms with Crippen molar-refractivity contribution in [3.05, 3.63) is 46.7 Å². The summed E-state index contributed by atoms with van der Waals surface area (Å²) in [7, 11) is 1.60. The van der Waals surface area contributed by atoms with Gasteiger partial charge < -0.3 is 24.4 Å². The molecule has 0 bridgehead atoms. The molecule has 3 heterocycles. The first-order valence-corrected chi connectivity index (χ1v) is 10.2. The van der Waals surface area contributed by atoms with Crippen LogP contribution < -0.4 is 15.0 Å². The van der Waals surface area contributed by atoms with Crippen LogP contribution in [0.5, 0.6) is 5.75 Å². The molecule has 1 unspecified atom stereocenters. The van der Waals surface area contributed by atoms with Crippen LogP contribution in [0.25, 0.3) is 0 Å². The number of morpholine rings is 1. The Morgan fingerprint density at radius 2 is 2.03 bits per heavy atom. The van der Waals surface area contributed by atoms with Crippen molar-refractivity contribution in [2.75, 3.05) is 50.2 Å². The molecule has 9 heteroatoms. The number of aromatic nitrogens is 2. The maximum absolute atomic E-state index is 12.9. The smallest absolute Gasteiger partial charge is 0.338 e. The fourth-order valence-corrected chi connectivity index (χ4v) is 3.97. The molecular formula is C22H25N5O4. The minimum absolute atomic E-state index is 0.263. The van der Waals surface area contributed by atoms with Crippen LogP contribution in [-0.2, 0) is 14.3 Å². The highest BCUT2D eigenvalue weighted by molar-refractivity contribution is 5.93. The molecule has 0 radical (unpaired) electrons. The number of allylic oxidation sites excluding steroid dienone is 1. The van der Waals surface area contributed by atoms with E-state index in [0.717, 1.165) is 5.56 Å². The number of hydrogen-bond acceptors (Lipinski definition) is 8. The number of carbonyl (C=O) groups excluding carboxylic acids is 1. The molecule has 2 aliphatic rings. The minimum atomic E-state index is -0.539. The maximum Gasteiger partial charge on any atom is 0.338 e. The van der Waals surface area contributed by atoms with Gasteiger partial charge in [0.2, 0.25) is 0 Å². The molecule has 1 aromatic heterocycles. The van der Waals surface area contributed by atoms with Crippen LogP contribution in [0.4, 0.5) is 11.6 Å². The van der Waals surface area contributed by atoms with Gasteiger partial charge in [-0.25, -0.2) is 9.48 Å². The molecule has 1 atom stereocenters. The van der Waals surface area contributed by atoms with Gasteiger partial charge in [-0.1, -0.05) is 12.1 Å². The predicted octanol–water partition coefficient (Wildman–Crippen LogP) is 2.45. The third-order valence-corrected chi connectivity index (χ3v) is 5.47. The number of nitrogens with zero attached hydrogens (tertiary/aromatic N) is 4. The molecule has 0 saturated carbocycles. The number of ether oxygens (including phenoxy) is 3. The summed E-state index contributed by atoms with van der Waals surface area (Å²) in [5.41, 5.74) is 2.38. The first-order chi connectivity index (χ1) is 15.1. The van der Waals surface area contributed by atoms with E-state index in [0.29, 0.717) is 60.5 Å². The number of carbonyl (C=O) groups is 1. The summed E-state index contributed by atoms with van der Waals surface area (Å²) in [6.45, 7) is 6.30. The molecule has 31 heavy (non-hydrogen) atoms. The van der Waals surface area contributed by atoms with Crippen molar-refractivity contribution in [1.82, 2.24) is 9.78 Å². The van der Waals surface area contributed by atoms with E-state index in [4.69, 9.17) is 19.3 Å². The lowest BCUT2D eigenvalue weighted by Crippen LogP contribution is -2.37. The summed E-state index contributed by atoms with van der Waals surface area (Å²) in [5.74, 6) is 1.45. The van der Waals surface area contributed by atoms with Gasteiger partial charge in [0.05, 0.1) is 32.5 Å². The van der Waals surface area contributed by atoms with E-state index in [9.17, 15) is 10.1 Å². The monoisotopic (exact) mass is 423 g/mol. The number of nitriles is 1. The number of fused-ring (bicyclic) bond motifs is 1. The van der Waals surface area contributed by atoms with Gasteiger partial charge in [0.1, 0.15) is 29.2 Å². The van der Waals surface area contributed by atoms with E-state index >= 15 is 0 Å². The minimum Gasteiger partial charge on any atom is -0.497 e. The van der Waals surface area contributed by atoms with Crippen LogP contribution in [0, 0.1) is 11.3 Å². The molecular weight excluding hydrogens is 398 g/mol. The van der Waals surface area contributed by atoms with Crippen molar-refractivity contribution < 1.29 is 19.0 Å². The molecule has 9 nitrogen and oxygen atoms in total. The van der Waals surface area contributed by atoms with Gasteiger partial charge in [-0.15, -0.1) is 0 Å². The lowest BCUT2D eigenvalue weighted by atomic mass is 9.95. The molecule has 4 rings (SSSR count). The molecule has 162 valence electrons. The molecule has 2 aliphatic heterocycles. The molecule has 1 aromatic carbocycles. The summed E-state index contributed by atoms with van der Waals surface area (Å²) in [6, 6.07) is 9.23. The molecule has 0 aliphatic carbocycles. The molecule has 0 spiro atoms. The van der Waals surface area contributed by atoms with Crippen molar-refractivity contribution in [2.45, 2.75) is 19.9 Å². The first-order valence-electron chi connectivity index (χ1n) is 10.2. The zero-order chi connectivity index (χ0) is 22.0. The van der Waals surface area contributed by atoms with E-state index in [1.165, 1.54) is 0 Å². The number of anilines is 2. The molecule has 0 amide bonds. The number of methoxy groups -OCH3 is 1. The second-order valence-corrected chi connectivity index (χ2v) is 7.26. The molecule has 1 N–H and O–H groups in total. The summed E-state index contributed by atoms with van der Waals surface area (Å²) >= 11 is 0. The Labute approximate surface area is 180 Å². The van der Waals surface area contributed by atoms with Crippen LogP contribution in [0.2, 0.25) is 0 Å². The Kier molecular flexibility index (Phi) is 5.82. The Morgan fingerprint density at radius 1 is 1.32 bits per heavy atom. The van der Waals surface area contributed by atoms with Crippen LogP contribution in [0.15, 0.2) is 35.5 Å². The fourth-order valence-electron chi connectivity index (χ4n) is 3.97. The van der Waals surface area contributed by atoms with Gasteiger partial charge in [0.25, 0.3) is 0 Å². The van der Waals surface area contributed by atoms with Crippen LogP contribution in [0.1, 0.15) is 31.0 Å². The van der Waals surface area contributed by atoms with Crippen molar-refractivity contribution in [1.29, 1.82) is 5.26 Å². The van der Waals surface area contributed by atoms with E-state index in [1.807, 2.05) is 36.1 Å². The van der Waals surface area contributed by atoms with Crippen LogP contribution in [0.3, 0.4) is 0 Å². The van der Waals surface area contributed by atoms with Gasteiger partial charge >= 0.3 is 5.97 Å². The number of nitrogens with one attached hydrogen (secondary N) is 1. The zero-order valence-corrected chi connectivity index (χ0v) is 17.8. The summed E-state index contributed by atoms with van der Waals surface area (Å²) in [5, 5.41) is 18.0. The van der Waals surface area contributed by atoms with Gasteiger partial charge in [-0.2, -0.15) is 10.4 Å². The summed E-state index contributed by atoms with van der Waals surface area (Å²) in [4.78, 5) is 15.0. The largest absolute Gasteiger partial charge is 0.497 e. The molecule has 1 saturated heterocycles. The van der Waals surface area contributed by atoms with E-state index < -0.39 is 12.0 Å². The van der Waals surface area contributed by atoms with E-state index in [1.54, 1.807) is 18.7 Å². The Bertz CT molecular complexity index is 1050. The topological polar surface area (TPSA) is 102 Å². The summed E-state index contributed by atoms with van der Waals surface area (Å²) < 4.78 is 17.8. The lowest BCUT2D eigenvalue weighted by Gasteiger charge is -2.29. The average Bonchev–Trinajstić information content (AvgIpc) is 3.17. The van der Waals surface area contributed by atoms with Crippen molar-refractivity contribution in [2.24, 2.45) is 0 Å². The Hall–Kier alpha value is -3.51. The highest BCUT2D eigenvalue weighted by atomic mass is 16.5. The first kappa shape index (κ1) is 20.8. The fraction of sp³-hybridized carbons (Fsp3) is 0.409. The van der Waals surface area contributed by atoms with Crippen molar-refractivity contribution in [3.8, 4) is 11.8 Å². The highest BCUT2D eigenvalue weighted by Gasteiger charge is 2.37. The summed E-state index contributed by atoms with van der Waals surface area (Å²) in [6.07, 6.45) is 0. The van der Waals surface area contributed by atoms with E-state index in [2.05, 4.69) is 11.4 Å². The Balaban J connectivity index is 1.87. The molecule has 2 aromatic rings. The van der Waals surface area contributed by atoms with Crippen molar-refractivity contribution in [3.63, 3.8) is 0 Å². The third kappa shape index (κ3) is 3.70. The second kappa shape index (κ2) is 8.70. The molecule has 1 fully saturated rings. The highest BCUT2D eigenvalue weighted by Crippen LogP contribution is 2.41. The zero-order valence-electron chi connectivity index (χ0n) is 17.8. The number of hydrogen-bond donors (Lipinski definition) is 1. The number of benzene rings is 1. The van der Waals surface area contributed by atoms with E-state index in [-0.39, 0.29) is 6.61 Å². The third-order valence-electron chi connectivity index (χ3n) is 5.47. The predicted molar refractivity (Wildman–Crippen MR) is 114 cm³/mol. The number of esters is 1. The maximum atomic E-state index is 12.9. The van der Waals surface area contributed by atoms with Crippen molar-refractivity contribution >= 4 is 17.6 Å². The standard InChI is InChI=1S/C22H25N5O4/c1-4-31-22(28)18-14(2)24-20-17(13-23)21(26-9-11-30-12-10-26)25-27(20)19(18)15-5-7-16(29-3)8-6-15/h5-8,19,24H,4,9-12H2,1-3H3. The second-order valence-electron chi connectivity index (χ2n) is 7.26. The SMILES string of the molecule is CCOC(=O)C1=C(C)Nc2c(C#N)c(N3CCOCC3)nn2C1c1ccc(OC)cc1. The lowest BCUT2D eigenvalue weighted by molar-refractivity contribution is -0.139. The number of rotatable bonds is 5. The van der Waals surface area contributed by atoms with Gasteiger partial charge in [-0.05, 0) is 31.5 Å². The van der Waals surface area contributed by atoms with Crippen LogP contribution in [-0.4, -0.2) is 55.8 Å². The van der Waals surface area contributed by atoms with Gasteiger partial charge in [0.15, 0.2) is 5.82 Å². The van der Waals surface area contributed by atoms with Gasteiger partial charge in [0, 0.05) is 18.8 Å². The normalized spacial score (nSPS) is 18.1. The van der Waals surface area contributed by atoms with Crippen LogP contribution >= 0.6 is 0 Å².